The number of ether oxygens (including phenoxy) is 1. The minimum Gasteiger partial charge on any atom is -0.472 e. The van der Waals surface area contributed by atoms with Crippen molar-refractivity contribution in [3.63, 3.8) is 0 Å². The lowest BCUT2D eigenvalue weighted by molar-refractivity contribution is 0.0518. The second-order valence-corrected chi connectivity index (χ2v) is 8.81. The van der Waals surface area contributed by atoms with Gasteiger partial charge in [-0.3, -0.25) is 4.90 Å². The van der Waals surface area contributed by atoms with E-state index in [1.807, 2.05) is 6.07 Å². The summed E-state index contributed by atoms with van der Waals surface area (Å²) in [4.78, 5) is 2.33. The van der Waals surface area contributed by atoms with Gasteiger partial charge in [-0.15, -0.1) is 0 Å². The Kier molecular flexibility index (Phi) is 3.76. The van der Waals surface area contributed by atoms with Crippen LogP contribution in [0.2, 0.25) is 0 Å². The summed E-state index contributed by atoms with van der Waals surface area (Å²) in [7, 11) is -3.10. The normalized spacial score (nSPS) is 31.1. The molecule has 3 aliphatic rings. The Labute approximate surface area is 131 Å². The number of rotatable bonds is 4. The van der Waals surface area contributed by atoms with Crippen LogP contribution in [0.1, 0.15) is 18.4 Å². The second kappa shape index (κ2) is 5.63. The van der Waals surface area contributed by atoms with E-state index >= 15 is 0 Å². The SMILES string of the molecule is O=S(=O)(C1CC1)N1CCO[C@@H]2CN(Cc3ccoc3)C[C@@H]2C1. The molecule has 2 aliphatic heterocycles. The average Bonchev–Trinajstić information content (AvgIpc) is 3.18. The van der Waals surface area contributed by atoms with Gasteiger partial charge in [-0.05, 0) is 18.9 Å². The zero-order valence-corrected chi connectivity index (χ0v) is 13.4. The molecule has 0 radical (unpaired) electrons. The third-order valence-electron chi connectivity index (χ3n) is 4.86. The van der Waals surface area contributed by atoms with Crippen molar-refractivity contribution >= 4 is 10.0 Å². The smallest absolute Gasteiger partial charge is 0.217 e. The van der Waals surface area contributed by atoms with E-state index in [0.717, 1.165) is 38.0 Å². The molecule has 0 amide bonds. The molecule has 0 aromatic carbocycles. The van der Waals surface area contributed by atoms with Gasteiger partial charge in [0.2, 0.25) is 10.0 Å². The fourth-order valence-corrected chi connectivity index (χ4v) is 5.41. The van der Waals surface area contributed by atoms with Crippen molar-refractivity contribution in [2.24, 2.45) is 5.92 Å². The molecule has 4 rings (SSSR count). The van der Waals surface area contributed by atoms with Crippen molar-refractivity contribution in [1.29, 1.82) is 0 Å². The van der Waals surface area contributed by atoms with Crippen molar-refractivity contribution in [1.82, 2.24) is 9.21 Å². The molecule has 0 N–H and O–H groups in total. The first-order valence-electron chi connectivity index (χ1n) is 7.97. The maximum absolute atomic E-state index is 12.5. The molecule has 0 bridgehead atoms. The zero-order chi connectivity index (χ0) is 15.2. The highest BCUT2D eigenvalue weighted by Gasteiger charge is 2.44. The van der Waals surface area contributed by atoms with E-state index in [1.165, 1.54) is 0 Å². The van der Waals surface area contributed by atoms with E-state index in [1.54, 1.807) is 16.8 Å². The molecule has 22 heavy (non-hydrogen) atoms. The molecule has 0 unspecified atom stereocenters. The van der Waals surface area contributed by atoms with Crippen LogP contribution in [0, 0.1) is 5.92 Å². The van der Waals surface area contributed by atoms with E-state index < -0.39 is 10.0 Å². The molecular weight excluding hydrogens is 304 g/mol. The molecule has 1 saturated carbocycles. The van der Waals surface area contributed by atoms with Crippen LogP contribution in [-0.2, 0) is 21.3 Å². The summed E-state index contributed by atoms with van der Waals surface area (Å²) in [6, 6.07) is 1.97. The molecule has 1 aliphatic carbocycles. The Balaban J connectivity index is 1.43. The van der Waals surface area contributed by atoms with Gasteiger partial charge in [0.05, 0.1) is 30.5 Å². The summed E-state index contributed by atoms with van der Waals surface area (Å²) in [6.45, 7) is 4.20. The number of furan rings is 1. The standard InChI is InChI=1S/C15H22N2O4S/c18-22(19,14-1-2-14)17-4-6-21-15-10-16(8-13(15)9-17)7-12-3-5-20-11-12/h3,5,11,13-15H,1-2,4,6-10H2/t13-,15-/m1/s1. The van der Waals surface area contributed by atoms with Crippen LogP contribution in [0.5, 0.6) is 0 Å². The molecule has 3 heterocycles. The van der Waals surface area contributed by atoms with Crippen molar-refractivity contribution in [2.75, 3.05) is 32.8 Å². The maximum atomic E-state index is 12.5. The van der Waals surface area contributed by atoms with Crippen LogP contribution >= 0.6 is 0 Å². The van der Waals surface area contributed by atoms with Crippen LogP contribution in [0.3, 0.4) is 0 Å². The summed E-state index contributed by atoms with van der Waals surface area (Å²) < 4.78 is 37.7. The fraction of sp³-hybridized carbons (Fsp3) is 0.733. The monoisotopic (exact) mass is 326 g/mol. The lowest BCUT2D eigenvalue weighted by Crippen LogP contribution is -2.39. The maximum Gasteiger partial charge on any atom is 0.217 e. The molecule has 6 nitrogen and oxygen atoms in total. The minimum absolute atomic E-state index is 0.132. The average molecular weight is 326 g/mol. The fourth-order valence-electron chi connectivity index (χ4n) is 3.53. The quantitative estimate of drug-likeness (QED) is 0.823. The summed E-state index contributed by atoms with van der Waals surface area (Å²) in [6.07, 6.45) is 5.23. The van der Waals surface area contributed by atoms with E-state index in [4.69, 9.17) is 9.15 Å². The molecule has 2 saturated heterocycles. The van der Waals surface area contributed by atoms with Crippen molar-refractivity contribution in [3.8, 4) is 0 Å². The molecule has 1 aromatic heterocycles. The third kappa shape index (κ3) is 2.82. The Morgan fingerprint density at radius 3 is 2.82 bits per heavy atom. The van der Waals surface area contributed by atoms with E-state index in [9.17, 15) is 8.42 Å². The second-order valence-electron chi connectivity index (χ2n) is 6.60. The topological polar surface area (TPSA) is 63.0 Å². The van der Waals surface area contributed by atoms with Gasteiger partial charge in [0.15, 0.2) is 0 Å². The molecular formula is C15H22N2O4S. The van der Waals surface area contributed by atoms with Crippen LogP contribution in [0.4, 0.5) is 0 Å². The molecule has 1 aromatic rings. The number of fused-ring (bicyclic) bond motifs is 1. The number of likely N-dealkylation sites (tertiary alicyclic amines) is 1. The van der Waals surface area contributed by atoms with Crippen molar-refractivity contribution < 1.29 is 17.6 Å². The number of sulfonamides is 1. The van der Waals surface area contributed by atoms with Crippen LogP contribution in [0.15, 0.2) is 23.0 Å². The van der Waals surface area contributed by atoms with Gasteiger partial charge in [0.1, 0.15) is 0 Å². The predicted molar refractivity (Wildman–Crippen MR) is 80.7 cm³/mol. The van der Waals surface area contributed by atoms with Gasteiger partial charge in [-0.1, -0.05) is 0 Å². The van der Waals surface area contributed by atoms with E-state index in [-0.39, 0.29) is 17.3 Å². The first-order valence-corrected chi connectivity index (χ1v) is 9.47. The van der Waals surface area contributed by atoms with E-state index in [0.29, 0.717) is 19.7 Å². The Morgan fingerprint density at radius 1 is 1.23 bits per heavy atom. The van der Waals surface area contributed by atoms with Gasteiger partial charge in [-0.25, -0.2) is 8.42 Å². The van der Waals surface area contributed by atoms with E-state index in [2.05, 4.69) is 4.90 Å². The molecule has 2 atom stereocenters. The summed E-state index contributed by atoms with van der Waals surface area (Å²) >= 11 is 0. The molecule has 7 heteroatoms. The highest BCUT2D eigenvalue weighted by molar-refractivity contribution is 7.90. The lowest BCUT2D eigenvalue weighted by atomic mass is 10.1. The van der Waals surface area contributed by atoms with Gasteiger partial charge in [-0.2, -0.15) is 4.31 Å². The third-order valence-corrected chi connectivity index (χ3v) is 7.22. The Hall–Kier alpha value is -0.890. The first kappa shape index (κ1) is 14.7. The Morgan fingerprint density at radius 2 is 2.09 bits per heavy atom. The summed E-state index contributed by atoms with van der Waals surface area (Å²) in [5.41, 5.74) is 1.15. The van der Waals surface area contributed by atoms with Crippen molar-refractivity contribution in [2.45, 2.75) is 30.7 Å². The summed E-state index contributed by atoms with van der Waals surface area (Å²) in [5.74, 6) is 0.267. The summed E-state index contributed by atoms with van der Waals surface area (Å²) in [5, 5.41) is -0.132. The van der Waals surface area contributed by atoms with Gasteiger partial charge in [0, 0.05) is 44.2 Å². The number of hydrogen-bond acceptors (Lipinski definition) is 5. The largest absolute Gasteiger partial charge is 0.472 e. The lowest BCUT2D eigenvalue weighted by Gasteiger charge is -2.23. The highest BCUT2D eigenvalue weighted by atomic mass is 32.2. The van der Waals surface area contributed by atoms with Crippen LogP contribution < -0.4 is 0 Å². The van der Waals surface area contributed by atoms with Crippen molar-refractivity contribution in [3.05, 3.63) is 24.2 Å². The van der Waals surface area contributed by atoms with Crippen LogP contribution in [-0.4, -0.2) is 61.8 Å². The van der Waals surface area contributed by atoms with Crippen LogP contribution in [0.25, 0.3) is 0 Å². The van der Waals surface area contributed by atoms with Gasteiger partial charge in [0.25, 0.3) is 0 Å². The number of hydrogen-bond donors (Lipinski definition) is 0. The number of nitrogens with zero attached hydrogens (tertiary/aromatic N) is 2. The van der Waals surface area contributed by atoms with Gasteiger partial charge >= 0.3 is 0 Å². The molecule has 3 fully saturated rings. The molecule has 0 spiro atoms. The Bertz CT molecular complexity index is 611. The minimum atomic E-state index is -3.10. The highest BCUT2D eigenvalue weighted by Crippen LogP contribution is 2.33. The zero-order valence-electron chi connectivity index (χ0n) is 12.6. The van der Waals surface area contributed by atoms with Gasteiger partial charge < -0.3 is 9.15 Å². The predicted octanol–water partition coefficient (Wildman–Crippen LogP) is 0.904. The molecule has 122 valence electrons. The first-order chi connectivity index (χ1) is 10.6.